The molecule has 1 aromatic heterocycles. The van der Waals surface area contributed by atoms with Gasteiger partial charge in [-0.15, -0.1) is 0 Å². The fourth-order valence-corrected chi connectivity index (χ4v) is 2.77. The van der Waals surface area contributed by atoms with E-state index < -0.39 is 23.7 Å². The zero-order valence-electron chi connectivity index (χ0n) is 16.4. The molecule has 0 aliphatic rings. The third kappa shape index (κ3) is 4.97. The summed E-state index contributed by atoms with van der Waals surface area (Å²) in [5.74, 6) is 6.57. The summed E-state index contributed by atoms with van der Waals surface area (Å²) in [6.45, 7) is 0. The number of halogens is 6. The lowest BCUT2D eigenvalue weighted by Gasteiger charge is -2.16. The molecule has 3 aromatic rings. The first-order valence-electron chi connectivity index (χ1n) is 8.90. The molecule has 0 aliphatic heterocycles. The number of anilines is 1. The third-order valence-electron chi connectivity index (χ3n) is 4.38. The topological polar surface area (TPSA) is 82.3 Å². The van der Waals surface area contributed by atoms with Gasteiger partial charge in [0.15, 0.2) is 5.69 Å². The molecule has 0 bridgehead atoms. The smallest absolute Gasteiger partial charge is 0.435 e. The highest BCUT2D eigenvalue weighted by atomic mass is 19.4. The number of nitrogens with two attached hydrogens (primary N) is 2. The molecule has 32 heavy (non-hydrogen) atoms. The molecule has 170 valence electrons. The van der Waals surface area contributed by atoms with Crippen LogP contribution in [-0.2, 0) is 12.4 Å². The molecule has 0 saturated heterocycles. The molecule has 0 radical (unpaired) electrons. The maximum Gasteiger partial charge on any atom is 0.435 e. The molecule has 0 saturated carbocycles. The fourth-order valence-electron chi connectivity index (χ4n) is 2.77. The molecule has 3 rings (SSSR count). The minimum absolute atomic E-state index is 0.0384. The lowest BCUT2D eigenvalue weighted by atomic mass is 10.1. The SMILES string of the molecule is COc1ccc(N(N)/C=C(\N)c2ccc(-n3nc(C(F)(F)F)cc3C(F)(F)F)cc2)cc1. The molecule has 0 spiro atoms. The van der Waals surface area contributed by atoms with Crippen LogP contribution in [0.4, 0.5) is 32.0 Å². The molecule has 12 heteroatoms. The van der Waals surface area contributed by atoms with Crippen molar-refractivity contribution in [2.75, 3.05) is 12.1 Å². The van der Waals surface area contributed by atoms with Gasteiger partial charge in [-0.1, -0.05) is 12.1 Å². The van der Waals surface area contributed by atoms with Crippen molar-refractivity contribution >= 4 is 11.4 Å². The Balaban J connectivity index is 1.89. The molecular formula is C20H17F6N5O. The van der Waals surface area contributed by atoms with E-state index in [1.807, 2.05) is 0 Å². The van der Waals surface area contributed by atoms with E-state index in [4.69, 9.17) is 16.3 Å². The van der Waals surface area contributed by atoms with Crippen molar-refractivity contribution in [2.45, 2.75) is 12.4 Å². The Morgan fingerprint density at radius 2 is 1.56 bits per heavy atom. The van der Waals surface area contributed by atoms with Crippen molar-refractivity contribution in [1.29, 1.82) is 0 Å². The number of hydrogen-bond acceptors (Lipinski definition) is 5. The maximum absolute atomic E-state index is 13.2. The van der Waals surface area contributed by atoms with Gasteiger partial charge >= 0.3 is 12.4 Å². The van der Waals surface area contributed by atoms with Crippen LogP contribution in [0.2, 0.25) is 0 Å². The van der Waals surface area contributed by atoms with E-state index in [1.165, 1.54) is 42.6 Å². The molecule has 0 amide bonds. The Hall–Kier alpha value is -3.67. The fraction of sp³-hybridized carbons (Fsp3) is 0.150. The van der Waals surface area contributed by atoms with Gasteiger partial charge in [0.1, 0.15) is 11.4 Å². The predicted molar refractivity (Wildman–Crippen MR) is 105 cm³/mol. The van der Waals surface area contributed by atoms with Gasteiger partial charge in [0.25, 0.3) is 0 Å². The van der Waals surface area contributed by atoms with E-state index in [0.29, 0.717) is 17.0 Å². The summed E-state index contributed by atoms with van der Waals surface area (Å²) in [6.07, 6.45) is -8.68. The first-order chi connectivity index (χ1) is 14.9. The van der Waals surface area contributed by atoms with E-state index in [9.17, 15) is 26.3 Å². The Labute approximate surface area is 178 Å². The highest BCUT2D eigenvalue weighted by Crippen LogP contribution is 2.36. The van der Waals surface area contributed by atoms with Crippen LogP contribution in [0, 0.1) is 0 Å². The summed E-state index contributed by atoms with van der Waals surface area (Å²) in [6, 6.07) is 11.7. The standard InChI is InChI=1S/C20H17F6N5O/c1-32-15-8-6-13(7-9-15)30(28)11-16(27)12-2-4-14(5-3-12)31-18(20(24,25)26)10-17(29-31)19(21,22)23/h2-11H,27-28H2,1H3/b16-11-. The second-order valence-electron chi connectivity index (χ2n) is 6.56. The summed E-state index contributed by atoms with van der Waals surface area (Å²) in [4.78, 5) is 0. The number of benzene rings is 2. The summed E-state index contributed by atoms with van der Waals surface area (Å²) in [7, 11) is 1.52. The van der Waals surface area contributed by atoms with Gasteiger partial charge in [-0.25, -0.2) is 10.5 Å². The molecule has 1 heterocycles. The average molecular weight is 457 g/mol. The van der Waals surface area contributed by atoms with E-state index in [2.05, 4.69) is 5.10 Å². The molecule has 0 fully saturated rings. The average Bonchev–Trinajstić information content (AvgIpc) is 3.20. The zero-order chi connectivity index (χ0) is 23.7. The van der Waals surface area contributed by atoms with E-state index >= 15 is 0 Å². The number of hydrogen-bond donors (Lipinski definition) is 2. The quantitative estimate of drug-likeness (QED) is 0.334. The second-order valence-corrected chi connectivity index (χ2v) is 6.56. The molecule has 0 unspecified atom stereocenters. The van der Waals surface area contributed by atoms with Gasteiger partial charge in [0.2, 0.25) is 0 Å². The van der Waals surface area contributed by atoms with Crippen molar-refractivity contribution in [3.8, 4) is 11.4 Å². The number of aromatic nitrogens is 2. The van der Waals surface area contributed by atoms with Crippen LogP contribution in [0.15, 0.2) is 60.8 Å². The van der Waals surface area contributed by atoms with Crippen molar-refractivity contribution in [2.24, 2.45) is 11.6 Å². The van der Waals surface area contributed by atoms with Crippen LogP contribution < -0.4 is 21.3 Å². The minimum atomic E-state index is -5.04. The van der Waals surface area contributed by atoms with Crippen molar-refractivity contribution in [3.63, 3.8) is 0 Å². The number of ether oxygens (including phenoxy) is 1. The molecule has 2 aromatic carbocycles. The van der Waals surface area contributed by atoms with Crippen LogP contribution in [0.1, 0.15) is 17.0 Å². The summed E-state index contributed by atoms with van der Waals surface area (Å²) < 4.78 is 83.5. The predicted octanol–water partition coefficient (Wildman–Crippen LogP) is 4.56. The highest BCUT2D eigenvalue weighted by Gasteiger charge is 2.42. The molecule has 0 atom stereocenters. The Kier molecular flexibility index (Phi) is 6.08. The lowest BCUT2D eigenvalue weighted by molar-refractivity contribution is -0.143. The van der Waals surface area contributed by atoms with Crippen LogP contribution in [0.3, 0.4) is 0 Å². The Morgan fingerprint density at radius 3 is 2.06 bits per heavy atom. The summed E-state index contributed by atoms with van der Waals surface area (Å²) in [5.41, 5.74) is 3.72. The van der Waals surface area contributed by atoms with Gasteiger partial charge < -0.3 is 10.5 Å². The monoisotopic (exact) mass is 457 g/mol. The Bertz CT molecular complexity index is 1100. The van der Waals surface area contributed by atoms with Gasteiger partial charge in [-0.3, -0.25) is 5.01 Å². The maximum atomic E-state index is 13.2. The van der Waals surface area contributed by atoms with Crippen molar-refractivity contribution in [3.05, 3.63) is 77.7 Å². The number of alkyl halides is 6. The van der Waals surface area contributed by atoms with Crippen molar-refractivity contribution in [1.82, 2.24) is 9.78 Å². The van der Waals surface area contributed by atoms with Crippen LogP contribution in [-0.4, -0.2) is 16.9 Å². The molecule has 4 N–H and O–H groups in total. The number of hydrazine groups is 1. The minimum Gasteiger partial charge on any atom is -0.497 e. The van der Waals surface area contributed by atoms with Gasteiger partial charge in [0, 0.05) is 12.3 Å². The summed E-state index contributed by atoms with van der Waals surface area (Å²) >= 11 is 0. The van der Waals surface area contributed by atoms with E-state index in [-0.39, 0.29) is 22.1 Å². The van der Waals surface area contributed by atoms with Gasteiger partial charge in [-0.05, 0) is 42.0 Å². The lowest BCUT2D eigenvalue weighted by Crippen LogP contribution is -2.25. The first-order valence-corrected chi connectivity index (χ1v) is 8.90. The number of methoxy groups -OCH3 is 1. The largest absolute Gasteiger partial charge is 0.497 e. The van der Waals surface area contributed by atoms with E-state index in [1.54, 1.807) is 24.3 Å². The van der Waals surface area contributed by atoms with Crippen LogP contribution in [0.25, 0.3) is 11.4 Å². The van der Waals surface area contributed by atoms with Crippen LogP contribution in [0.5, 0.6) is 5.75 Å². The summed E-state index contributed by atoms with van der Waals surface area (Å²) in [5, 5.41) is 4.31. The normalized spacial score (nSPS) is 12.7. The Morgan fingerprint density at radius 1 is 0.969 bits per heavy atom. The number of nitrogens with zero attached hydrogens (tertiary/aromatic N) is 3. The zero-order valence-corrected chi connectivity index (χ0v) is 16.4. The van der Waals surface area contributed by atoms with Crippen LogP contribution >= 0.6 is 0 Å². The third-order valence-corrected chi connectivity index (χ3v) is 4.38. The van der Waals surface area contributed by atoms with Crippen molar-refractivity contribution < 1.29 is 31.1 Å². The second kappa shape index (κ2) is 8.46. The van der Waals surface area contributed by atoms with Gasteiger partial charge in [-0.2, -0.15) is 31.4 Å². The first kappa shape index (κ1) is 23.0. The molecule has 0 aliphatic carbocycles. The van der Waals surface area contributed by atoms with E-state index in [0.717, 1.165) is 0 Å². The highest BCUT2D eigenvalue weighted by molar-refractivity contribution is 5.67. The number of rotatable bonds is 5. The molecule has 6 nitrogen and oxygen atoms in total. The molecular weight excluding hydrogens is 440 g/mol. The van der Waals surface area contributed by atoms with Gasteiger partial charge in [0.05, 0.1) is 24.2 Å².